The first kappa shape index (κ1) is 13.6. The molecule has 1 fully saturated rings. The van der Waals surface area contributed by atoms with Gasteiger partial charge in [-0.05, 0) is 25.0 Å². The fraction of sp³-hybridized carbons (Fsp3) is 0.417. The molecule has 1 aliphatic rings. The molecule has 1 heterocycles. The Bertz CT molecular complexity index is 601. The smallest absolute Gasteiger partial charge is 0.301 e. The minimum Gasteiger partial charge on any atom is -0.495 e. The highest BCUT2D eigenvalue weighted by Gasteiger charge is 2.27. The molecule has 2 rings (SSSR count). The Morgan fingerprint density at radius 3 is 2.63 bits per heavy atom. The lowest BCUT2D eigenvalue weighted by atomic mass is 10.2. The number of para-hydroxylation sites is 1. The van der Waals surface area contributed by atoms with Crippen molar-refractivity contribution >= 4 is 15.9 Å². The van der Waals surface area contributed by atoms with E-state index in [1.807, 2.05) is 6.07 Å². The zero-order valence-electron chi connectivity index (χ0n) is 10.6. The minimum absolute atomic E-state index is 0.194. The van der Waals surface area contributed by atoms with Gasteiger partial charge in [-0.1, -0.05) is 6.07 Å². The summed E-state index contributed by atoms with van der Waals surface area (Å²) in [5.41, 5.74) is 0.432. The fourth-order valence-corrected chi connectivity index (χ4v) is 3.36. The van der Waals surface area contributed by atoms with Gasteiger partial charge in [0.15, 0.2) is 0 Å². The summed E-state index contributed by atoms with van der Waals surface area (Å²) in [6.07, 6.45) is 1.72. The zero-order chi connectivity index (χ0) is 13.9. The van der Waals surface area contributed by atoms with E-state index in [0.717, 1.165) is 12.8 Å². The van der Waals surface area contributed by atoms with Crippen LogP contribution in [0.3, 0.4) is 0 Å². The highest BCUT2D eigenvalue weighted by molar-refractivity contribution is 7.90. The Morgan fingerprint density at radius 2 is 2.05 bits per heavy atom. The molecule has 0 atom stereocenters. The van der Waals surface area contributed by atoms with Crippen molar-refractivity contribution in [1.82, 2.24) is 4.31 Å². The second kappa shape index (κ2) is 5.47. The lowest BCUT2D eigenvalue weighted by molar-refractivity contribution is 0.416. The molecule has 1 aliphatic heterocycles. The first-order valence-corrected chi connectivity index (χ1v) is 7.37. The summed E-state index contributed by atoms with van der Waals surface area (Å²) in [7, 11) is -2.19. The fourth-order valence-electron chi connectivity index (χ4n) is 2.02. The second-order valence-corrected chi connectivity index (χ2v) is 5.88. The molecule has 0 aromatic heterocycles. The number of hydrogen-bond donors (Lipinski definition) is 1. The lowest BCUT2D eigenvalue weighted by Gasteiger charge is -2.18. The summed E-state index contributed by atoms with van der Waals surface area (Å²) in [6.45, 7) is 1.01. The van der Waals surface area contributed by atoms with Crippen LogP contribution in [0.1, 0.15) is 18.4 Å². The van der Waals surface area contributed by atoms with Gasteiger partial charge >= 0.3 is 10.2 Å². The molecule has 6 nitrogen and oxygen atoms in total. The lowest BCUT2D eigenvalue weighted by Crippen LogP contribution is -2.33. The topological polar surface area (TPSA) is 82.4 Å². The van der Waals surface area contributed by atoms with Gasteiger partial charge in [-0.2, -0.15) is 18.0 Å². The van der Waals surface area contributed by atoms with Gasteiger partial charge in [0.2, 0.25) is 0 Å². The Labute approximate surface area is 112 Å². The van der Waals surface area contributed by atoms with Crippen molar-refractivity contribution in [2.24, 2.45) is 0 Å². The third kappa shape index (κ3) is 2.80. The predicted molar refractivity (Wildman–Crippen MR) is 71.1 cm³/mol. The highest BCUT2D eigenvalue weighted by Crippen LogP contribution is 2.29. The first-order valence-electron chi connectivity index (χ1n) is 5.93. The SMILES string of the molecule is COc1cccc(C#N)c1NS(=O)(=O)N1CCCC1. The number of nitriles is 1. The largest absolute Gasteiger partial charge is 0.495 e. The average molecular weight is 281 g/mol. The van der Waals surface area contributed by atoms with E-state index in [1.54, 1.807) is 18.2 Å². The summed E-state index contributed by atoms with van der Waals surface area (Å²) in [6, 6.07) is 6.76. The summed E-state index contributed by atoms with van der Waals surface area (Å²) >= 11 is 0. The van der Waals surface area contributed by atoms with E-state index < -0.39 is 10.2 Å². The van der Waals surface area contributed by atoms with Gasteiger partial charge in [0.05, 0.1) is 12.7 Å². The summed E-state index contributed by atoms with van der Waals surface area (Å²) in [4.78, 5) is 0. The van der Waals surface area contributed by atoms with Crippen molar-refractivity contribution in [1.29, 1.82) is 5.26 Å². The standard InChI is InChI=1S/C12H15N3O3S/c1-18-11-6-4-5-10(9-13)12(11)14-19(16,17)15-7-2-3-8-15/h4-6,14H,2-3,7-8H2,1H3. The number of nitrogens with zero attached hydrogens (tertiary/aromatic N) is 2. The summed E-state index contributed by atoms with van der Waals surface area (Å²) in [5.74, 6) is 0.335. The Balaban J connectivity index is 2.35. The Morgan fingerprint density at radius 1 is 1.37 bits per heavy atom. The van der Waals surface area contributed by atoms with Gasteiger partial charge in [0.1, 0.15) is 17.5 Å². The molecule has 1 N–H and O–H groups in total. The molecule has 7 heteroatoms. The Hall–Kier alpha value is -1.78. The van der Waals surface area contributed by atoms with E-state index >= 15 is 0 Å². The van der Waals surface area contributed by atoms with Gasteiger partial charge in [-0.3, -0.25) is 4.72 Å². The van der Waals surface area contributed by atoms with E-state index in [0.29, 0.717) is 18.8 Å². The van der Waals surface area contributed by atoms with Crippen LogP contribution in [-0.4, -0.2) is 32.9 Å². The van der Waals surface area contributed by atoms with Crippen molar-refractivity contribution in [2.75, 3.05) is 24.9 Å². The summed E-state index contributed by atoms with van der Waals surface area (Å²) < 4.78 is 33.3. The molecular formula is C12H15N3O3S. The number of nitrogens with one attached hydrogen (secondary N) is 1. The van der Waals surface area contributed by atoms with Gasteiger partial charge in [-0.15, -0.1) is 0 Å². The number of rotatable bonds is 4. The Kier molecular flexibility index (Phi) is 3.93. The number of ether oxygens (including phenoxy) is 1. The normalized spacial score (nSPS) is 16.0. The molecule has 102 valence electrons. The van der Waals surface area contributed by atoms with Crippen molar-refractivity contribution < 1.29 is 13.2 Å². The molecular weight excluding hydrogens is 266 g/mol. The molecule has 0 radical (unpaired) electrons. The molecule has 19 heavy (non-hydrogen) atoms. The van der Waals surface area contributed by atoms with Crippen LogP contribution < -0.4 is 9.46 Å². The van der Waals surface area contributed by atoms with Crippen molar-refractivity contribution in [3.05, 3.63) is 23.8 Å². The van der Waals surface area contributed by atoms with Crippen molar-refractivity contribution in [2.45, 2.75) is 12.8 Å². The third-order valence-corrected chi connectivity index (χ3v) is 4.51. The maximum atomic E-state index is 12.2. The molecule has 1 aromatic carbocycles. The average Bonchev–Trinajstić information content (AvgIpc) is 2.93. The van der Waals surface area contributed by atoms with Crippen molar-refractivity contribution in [3.8, 4) is 11.8 Å². The van der Waals surface area contributed by atoms with E-state index in [1.165, 1.54) is 11.4 Å². The van der Waals surface area contributed by atoms with E-state index in [4.69, 9.17) is 10.00 Å². The first-order chi connectivity index (χ1) is 9.08. The molecule has 0 aliphatic carbocycles. The molecule has 0 amide bonds. The summed E-state index contributed by atoms with van der Waals surface area (Å²) in [5, 5.41) is 9.05. The van der Waals surface area contributed by atoms with E-state index in [-0.39, 0.29) is 11.3 Å². The third-order valence-electron chi connectivity index (χ3n) is 3.00. The molecule has 0 unspecified atom stereocenters. The molecule has 0 saturated carbocycles. The van der Waals surface area contributed by atoms with Crippen LogP contribution in [0.15, 0.2) is 18.2 Å². The van der Waals surface area contributed by atoms with Crippen molar-refractivity contribution in [3.63, 3.8) is 0 Å². The van der Waals surface area contributed by atoms with Crippen LogP contribution in [0, 0.1) is 11.3 Å². The number of benzene rings is 1. The van der Waals surface area contributed by atoms with Crippen LogP contribution in [0.2, 0.25) is 0 Å². The van der Waals surface area contributed by atoms with E-state index in [2.05, 4.69) is 4.72 Å². The van der Waals surface area contributed by atoms with Crippen LogP contribution in [0.5, 0.6) is 5.75 Å². The zero-order valence-corrected chi connectivity index (χ0v) is 11.4. The van der Waals surface area contributed by atoms with Crippen LogP contribution in [-0.2, 0) is 10.2 Å². The van der Waals surface area contributed by atoms with Gasteiger partial charge in [0, 0.05) is 13.1 Å². The van der Waals surface area contributed by atoms with E-state index in [9.17, 15) is 8.42 Å². The number of anilines is 1. The molecule has 1 aromatic rings. The predicted octanol–water partition coefficient (Wildman–Crippen LogP) is 1.32. The quantitative estimate of drug-likeness (QED) is 0.902. The highest BCUT2D eigenvalue weighted by atomic mass is 32.2. The molecule has 1 saturated heterocycles. The molecule has 0 spiro atoms. The van der Waals surface area contributed by atoms with Gasteiger partial charge < -0.3 is 4.74 Å². The number of hydrogen-bond acceptors (Lipinski definition) is 4. The monoisotopic (exact) mass is 281 g/mol. The van der Waals surface area contributed by atoms with Crippen LogP contribution in [0.25, 0.3) is 0 Å². The van der Waals surface area contributed by atoms with Crippen LogP contribution >= 0.6 is 0 Å². The van der Waals surface area contributed by atoms with Crippen LogP contribution in [0.4, 0.5) is 5.69 Å². The number of methoxy groups -OCH3 is 1. The maximum Gasteiger partial charge on any atom is 0.301 e. The minimum atomic E-state index is -3.63. The second-order valence-electron chi connectivity index (χ2n) is 4.21. The maximum absolute atomic E-state index is 12.2. The molecule has 0 bridgehead atoms. The van der Waals surface area contributed by atoms with Gasteiger partial charge in [-0.25, -0.2) is 0 Å². The van der Waals surface area contributed by atoms with Gasteiger partial charge in [0.25, 0.3) is 0 Å².